The summed E-state index contributed by atoms with van der Waals surface area (Å²) < 4.78 is 3.27. The molecule has 6 heteroatoms. The zero-order chi connectivity index (χ0) is 17.1. The zero-order valence-corrected chi connectivity index (χ0v) is 14.5. The van der Waals surface area contributed by atoms with E-state index in [0.29, 0.717) is 5.69 Å². The number of pyridine rings is 1. The standard InChI is InChI=1S/C18H19N5S/c1-12(20)23-8-7-16(13-3-4-15(10-19)21-11-13)17-6-5-14(22-24-2)9-18(17)23/h3-7,9,11-12,22H,8,20H2,1-2H3. The molecule has 24 heavy (non-hydrogen) atoms. The molecule has 0 saturated carbocycles. The first-order valence-electron chi connectivity index (χ1n) is 7.66. The van der Waals surface area contributed by atoms with Crippen molar-refractivity contribution in [2.24, 2.45) is 5.73 Å². The number of nitriles is 1. The summed E-state index contributed by atoms with van der Waals surface area (Å²) >= 11 is 1.56. The highest BCUT2D eigenvalue weighted by Gasteiger charge is 2.22. The quantitative estimate of drug-likeness (QED) is 0.834. The van der Waals surface area contributed by atoms with Crippen LogP contribution in [0.3, 0.4) is 0 Å². The van der Waals surface area contributed by atoms with Crippen molar-refractivity contribution in [2.45, 2.75) is 13.1 Å². The highest BCUT2D eigenvalue weighted by atomic mass is 32.2. The van der Waals surface area contributed by atoms with Crippen molar-refractivity contribution >= 4 is 28.9 Å². The van der Waals surface area contributed by atoms with Gasteiger partial charge in [-0.3, -0.25) is 0 Å². The molecule has 0 aliphatic carbocycles. The zero-order valence-electron chi connectivity index (χ0n) is 13.7. The normalized spacial score (nSPS) is 14.4. The number of nitrogens with one attached hydrogen (secondary N) is 1. The number of fused-ring (bicyclic) bond motifs is 1. The third-order valence-corrected chi connectivity index (χ3v) is 4.43. The molecule has 3 N–H and O–H groups in total. The van der Waals surface area contributed by atoms with Gasteiger partial charge in [-0.15, -0.1) is 0 Å². The van der Waals surface area contributed by atoms with Crippen LogP contribution in [-0.2, 0) is 0 Å². The second-order valence-electron chi connectivity index (χ2n) is 5.59. The van der Waals surface area contributed by atoms with Crippen LogP contribution in [0.5, 0.6) is 0 Å². The van der Waals surface area contributed by atoms with Crippen molar-refractivity contribution in [3.8, 4) is 6.07 Å². The molecule has 122 valence electrons. The molecule has 1 atom stereocenters. The van der Waals surface area contributed by atoms with Crippen LogP contribution in [0.2, 0.25) is 0 Å². The maximum atomic E-state index is 8.92. The molecule has 0 amide bonds. The lowest BCUT2D eigenvalue weighted by Gasteiger charge is -2.34. The molecule has 5 nitrogen and oxygen atoms in total. The molecular formula is C18H19N5S. The Balaban J connectivity index is 2.06. The van der Waals surface area contributed by atoms with Gasteiger partial charge in [0.2, 0.25) is 0 Å². The number of anilines is 2. The summed E-state index contributed by atoms with van der Waals surface area (Å²) in [5, 5.41) is 8.92. The Kier molecular flexibility index (Phi) is 4.74. The molecule has 1 aliphatic heterocycles. The average molecular weight is 337 g/mol. The van der Waals surface area contributed by atoms with Gasteiger partial charge < -0.3 is 15.4 Å². The lowest BCUT2D eigenvalue weighted by Crippen LogP contribution is -2.41. The molecule has 0 fully saturated rings. The summed E-state index contributed by atoms with van der Waals surface area (Å²) in [5.74, 6) is 0. The minimum absolute atomic E-state index is 0.0785. The van der Waals surface area contributed by atoms with Crippen molar-refractivity contribution < 1.29 is 0 Å². The molecule has 1 aliphatic rings. The van der Waals surface area contributed by atoms with E-state index in [1.165, 1.54) is 0 Å². The molecule has 1 unspecified atom stereocenters. The van der Waals surface area contributed by atoms with Gasteiger partial charge in [-0.25, -0.2) is 4.98 Å². The predicted molar refractivity (Wildman–Crippen MR) is 101 cm³/mol. The van der Waals surface area contributed by atoms with Gasteiger partial charge in [-0.2, -0.15) is 5.26 Å². The molecule has 2 heterocycles. The molecular weight excluding hydrogens is 318 g/mol. The van der Waals surface area contributed by atoms with Gasteiger partial charge >= 0.3 is 0 Å². The van der Waals surface area contributed by atoms with E-state index in [4.69, 9.17) is 11.0 Å². The van der Waals surface area contributed by atoms with Gasteiger partial charge in [0.15, 0.2) is 0 Å². The topological polar surface area (TPSA) is 78.0 Å². The van der Waals surface area contributed by atoms with Crippen LogP contribution in [0.1, 0.15) is 23.7 Å². The molecule has 0 saturated heterocycles. The van der Waals surface area contributed by atoms with E-state index in [0.717, 1.165) is 34.6 Å². The number of benzene rings is 1. The predicted octanol–water partition coefficient (Wildman–Crippen LogP) is 3.20. The van der Waals surface area contributed by atoms with Crippen LogP contribution in [0.25, 0.3) is 5.57 Å². The van der Waals surface area contributed by atoms with Crippen molar-refractivity contribution in [1.29, 1.82) is 5.26 Å². The number of rotatable bonds is 4. The van der Waals surface area contributed by atoms with Gasteiger partial charge in [0.05, 0.1) is 6.17 Å². The van der Waals surface area contributed by atoms with Crippen LogP contribution in [0.15, 0.2) is 42.6 Å². The first kappa shape index (κ1) is 16.4. The first-order valence-corrected chi connectivity index (χ1v) is 8.89. The number of hydrogen-bond donors (Lipinski definition) is 2. The van der Waals surface area contributed by atoms with Gasteiger partial charge in [0.1, 0.15) is 11.8 Å². The van der Waals surface area contributed by atoms with Gasteiger partial charge in [-0.05, 0) is 36.8 Å². The highest BCUT2D eigenvalue weighted by Crippen LogP contribution is 2.37. The lowest BCUT2D eigenvalue weighted by atomic mass is 9.93. The molecule has 0 radical (unpaired) electrons. The molecule has 1 aromatic heterocycles. The van der Waals surface area contributed by atoms with Crippen LogP contribution in [0, 0.1) is 11.3 Å². The minimum atomic E-state index is -0.0785. The highest BCUT2D eigenvalue weighted by molar-refractivity contribution is 7.99. The first-order chi connectivity index (χ1) is 11.6. The largest absolute Gasteiger partial charge is 0.352 e. The van der Waals surface area contributed by atoms with Crippen LogP contribution in [0.4, 0.5) is 11.4 Å². The monoisotopic (exact) mass is 337 g/mol. The number of nitrogens with two attached hydrogens (primary N) is 1. The van der Waals surface area contributed by atoms with Gasteiger partial charge in [-0.1, -0.05) is 24.1 Å². The summed E-state index contributed by atoms with van der Waals surface area (Å²) in [5.41, 5.74) is 12.0. The van der Waals surface area contributed by atoms with E-state index in [9.17, 15) is 0 Å². The van der Waals surface area contributed by atoms with E-state index in [1.807, 2.05) is 19.2 Å². The Morgan fingerprint density at radius 3 is 2.83 bits per heavy atom. The Hall–Kier alpha value is -2.49. The van der Waals surface area contributed by atoms with Crippen LogP contribution >= 0.6 is 11.9 Å². The molecule has 0 bridgehead atoms. The van der Waals surface area contributed by atoms with Crippen molar-refractivity contribution in [1.82, 2.24) is 4.98 Å². The van der Waals surface area contributed by atoms with E-state index >= 15 is 0 Å². The Bertz CT molecular complexity index is 805. The Morgan fingerprint density at radius 2 is 2.21 bits per heavy atom. The fraction of sp³-hybridized carbons (Fsp3) is 0.222. The van der Waals surface area contributed by atoms with Crippen molar-refractivity contribution in [2.75, 3.05) is 22.4 Å². The fourth-order valence-corrected chi connectivity index (χ4v) is 3.22. The van der Waals surface area contributed by atoms with E-state index in [2.05, 4.69) is 45.0 Å². The molecule has 3 rings (SSSR count). The molecule has 0 spiro atoms. The summed E-state index contributed by atoms with van der Waals surface area (Å²) in [6, 6.07) is 12.0. The van der Waals surface area contributed by atoms with Crippen LogP contribution < -0.4 is 15.4 Å². The van der Waals surface area contributed by atoms with Crippen molar-refractivity contribution in [3.05, 3.63) is 59.4 Å². The van der Waals surface area contributed by atoms with E-state index in [1.54, 1.807) is 24.2 Å². The number of nitrogens with zero attached hydrogens (tertiary/aromatic N) is 3. The summed E-state index contributed by atoms with van der Waals surface area (Å²) in [7, 11) is 0. The number of aromatic nitrogens is 1. The summed E-state index contributed by atoms with van der Waals surface area (Å²) in [6.07, 6.45) is 5.83. The summed E-state index contributed by atoms with van der Waals surface area (Å²) in [6.45, 7) is 2.73. The fourth-order valence-electron chi connectivity index (χ4n) is 2.85. The maximum Gasteiger partial charge on any atom is 0.140 e. The minimum Gasteiger partial charge on any atom is -0.352 e. The SMILES string of the molecule is CSNc1ccc2c(c1)N(C(C)N)CC=C2c1ccc(C#N)nc1. The van der Waals surface area contributed by atoms with Gasteiger partial charge in [0.25, 0.3) is 0 Å². The second kappa shape index (κ2) is 6.95. The summed E-state index contributed by atoms with van der Waals surface area (Å²) in [4.78, 5) is 6.36. The average Bonchev–Trinajstić information content (AvgIpc) is 2.61. The Labute approximate surface area is 146 Å². The third-order valence-electron chi connectivity index (χ3n) is 3.99. The van der Waals surface area contributed by atoms with Gasteiger partial charge in [0, 0.05) is 41.5 Å². The van der Waals surface area contributed by atoms with E-state index in [-0.39, 0.29) is 6.17 Å². The van der Waals surface area contributed by atoms with Crippen LogP contribution in [-0.4, -0.2) is 24.0 Å². The van der Waals surface area contributed by atoms with Crippen molar-refractivity contribution in [3.63, 3.8) is 0 Å². The second-order valence-corrected chi connectivity index (χ2v) is 6.21. The van der Waals surface area contributed by atoms with E-state index < -0.39 is 0 Å². The lowest BCUT2D eigenvalue weighted by molar-refractivity contribution is 0.689. The Morgan fingerprint density at radius 1 is 1.38 bits per heavy atom. The molecule has 2 aromatic rings. The maximum absolute atomic E-state index is 8.92. The number of hydrogen-bond acceptors (Lipinski definition) is 6. The molecule has 1 aromatic carbocycles. The smallest absolute Gasteiger partial charge is 0.140 e. The third kappa shape index (κ3) is 3.09.